The van der Waals surface area contributed by atoms with E-state index in [1.54, 1.807) is 17.8 Å². The van der Waals surface area contributed by atoms with Crippen molar-refractivity contribution in [2.24, 2.45) is 0 Å². The second kappa shape index (κ2) is 6.28. The molecule has 0 aliphatic rings. The second-order valence-corrected chi connectivity index (χ2v) is 5.65. The van der Waals surface area contributed by atoms with Gasteiger partial charge in [-0.25, -0.2) is 0 Å². The molecule has 0 fully saturated rings. The third-order valence-corrected chi connectivity index (χ3v) is 4.27. The number of benzene rings is 2. The summed E-state index contributed by atoms with van der Waals surface area (Å²) in [6, 6.07) is 13.8. The van der Waals surface area contributed by atoms with Crippen LogP contribution in [0.2, 0.25) is 0 Å². The highest BCUT2D eigenvalue weighted by atomic mass is 32.2. The minimum Gasteiger partial charge on any atom is -0.423 e. The second-order valence-electron chi connectivity index (χ2n) is 4.63. The molecule has 0 aliphatic carbocycles. The molecule has 2 aromatic rings. The summed E-state index contributed by atoms with van der Waals surface area (Å²) in [6.45, 7) is 4.17. The van der Waals surface area contributed by atoms with Gasteiger partial charge in [0.2, 0.25) is 0 Å². The molecule has 0 saturated carbocycles. The lowest BCUT2D eigenvalue weighted by molar-refractivity contribution is 0.425. The Balaban J connectivity index is 2.17. The van der Waals surface area contributed by atoms with Crippen LogP contribution in [0.1, 0.15) is 16.7 Å². The number of hydrogen-bond donors (Lipinski definition) is 2. The van der Waals surface area contributed by atoms with Crippen molar-refractivity contribution in [2.75, 3.05) is 0 Å². The maximum absolute atomic E-state index is 9.35. The Morgan fingerprint density at radius 1 is 1.05 bits per heavy atom. The van der Waals surface area contributed by atoms with E-state index in [-0.39, 0.29) is 0 Å². The largest absolute Gasteiger partial charge is 0.488 e. The molecule has 2 N–H and O–H groups in total. The molecule has 4 heteroatoms. The first-order valence-electron chi connectivity index (χ1n) is 6.22. The van der Waals surface area contributed by atoms with Gasteiger partial charge in [0.25, 0.3) is 0 Å². The van der Waals surface area contributed by atoms with Crippen molar-refractivity contribution in [3.63, 3.8) is 0 Å². The minimum atomic E-state index is -1.41. The molecule has 2 aromatic carbocycles. The average Bonchev–Trinajstić information content (AvgIpc) is 2.40. The highest BCUT2D eigenvalue weighted by Gasteiger charge is 2.15. The first-order valence-corrected chi connectivity index (χ1v) is 7.20. The molecule has 0 bridgehead atoms. The van der Waals surface area contributed by atoms with Gasteiger partial charge in [-0.05, 0) is 36.5 Å². The van der Waals surface area contributed by atoms with E-state index in [1.165, 1.54) is 16.0 Å². The van der Waals surface area contributed by atoms with Gasteiger partial charge in [0.05, 0.1) is 0 Å². The van der Waals surface area contributed by atoms with Gasteiger partial charge in [0.1, 0.15) is 0 Å². The van der Waals surface area contributed by atoms with Crippen LogP contribution in [0.3, 0.4) is 0 Å². The van der Waals surface area contributed by atoms with Crippen molar-refractivity contribution >= 4 is 24.3 Å². The minimum absolute atomic E-state index is 0.584. The third kappa shape index (κ3) is 3.63. The lowest BCUT2D eigenvalue weighted by Gasteiger charge is -2.10. The summed E-state index contributed by atoms with van der Waals surface area (Å²) in [6.07, 6.45) is 0. The predicted octanol–water partition coefficient (Wildman–Crippen LogP) is 2.28. The zero-order valence-electron chi connectivity index (χ0n) is 11.1. The highest BCUT2D eigenvalue weighted by Crippen LogP contribution is 2.26. The van der Waals surface area contributed by atoms with Crippen molar-refractivity contribution in [3.8, 4) is 0 Å². The van der Waals surface area contributed by atoms with Gasteiger partial charge in [-0.3, -0.25) is 0 Å². The van der Waals surface area contributed by atoms with Gasteiger partial charge in [-0.15, -0.1) is 11.8 Å². The van der Waals surface area contributed by atoms with Crippen molar-refractivity contribution in [3.05, 3.63) is 59.2 Å². The zero-order valence-corrected chi connectivity index (χ0v) is 11.9. The Bertz CT molecular complexity index is 570. The number of rotatable bonds is 4. The normalized spacial score (nSPS) is 10.5. The van der Waals surface area contributed by atoms with Crippen LogP contribution < -0.4 is 5.46 Å². The molecular formula is C15H17BO2S. The Morgan fingerprint density at radius 2 is 1.79 bits per heavy atom. The average molecular weight is 272 g/mol. The van der Waals surface area contributed by atoms with E-state index >= 15 is 0 Å². The number of aryl methyl sites for hydroxylation is 2. The number of hydrogen-bond acceptors (Lipinski definition) is 3. The van der Waals surface area contributed by atoms with Crippen molar-refractivity contribution < 1.29 is 10.0 Å². The topological polar surface area (TPSA) is 40.5 Å². The van der Waals surface area contributed by atoms with E-state index in [9.17, 15) is 10.0 Å². The lowest BCUT2D eigenvalue weighted by atomic mass is 9.77. The van der Waals surface area contributed by atoms with Crippen LogP contribution in [0.15, 0.2) is 47.4 Å². The van der Waals surface area contributed by atoms with Gasteiger partial charge >= 0.3 is 7.12 Å². The van der Waals surface area contributed by atoms with Crippen molar-refractivity contribution in [1.82, 2.24) is 0 Å². The molecule has 0 spiro atoms. The smallest absolute Gasteiger partial charge is 0.423 e. The summed E-state index contributed by atoms with van der Waals surface area (Å²) in [4.78, 5) is 1.24. The highest BCUT2D eigenvalue weighted by molar-refractivity contribution is 7.98. The van der Waals surface area contributed by atoms with Crippen LogP contribution in [0.5, 0.6) is 0 Å². The fourth-order valence-corrected chi connectivity index (χ4v) is 3.07. The summed E-state index contributed by atoms with van der Waals surface area (Å²) >= 11 is 1.72. The van der Waals surface area contributed by atoms with E-state index in [0.29, 0.717) is 5.46 Å². The molecule has 0 radical (unpaired) electrons. The predicted molar refractivity (Wildman–Crippen MR) is 81.7 cm³/mol. The molecule has 0 aromatic heterocycles. The SMILES string of the molecule is Cc1ccc(C)c(SCc2ccccc2B(O)O)c1. The van der Waals surface area contributed by atoms with Crippen LogP contribution in [0.25, 0.3) is 0 Å². The molecular weight excluding hydrogens is 255 g/mol. The van der Waals surface area contributed by atoms with Gasteiger partial charge in [0.15, 0.2) is 0 Å². The van der Waals surface area contributed by atoms with E-state index in [4.69, 9.17) is 0 Å². The van der Waals surface area contributed by atoms with E-state index in [0.717, 1.165) is 11.3 Å². The first-order chi connectivity index (χ1) is 9.08. The molecule has 0 aliphatic heterocycles. The monoisotopic (exact) mass is 272 g/mol. The molecule has 0 atom stereocenters. The zero-order chi connectivity index (χ0) is 13.8. The van der Waals surface area contributed by atoms with Crippen LogP contribution >= 0.6 is 11.8 Å². The Hall–Kier alpha value is -1.23. The van der Waals surface area contributed by atoms with E-state index in [1.807, 2.05) is 18.2 Å². The maximum atomic E-state index is 9.35. The van der Waals surface area contributed by atoms with Crippen LogP contribution in [0, 0.1) is 13.8 Å². The molecule has 0 heterocycles. The van der Waals surface area contributed by atoms with E-state index in [2.05, 4.69) is 32.0 Å². The summed E-state index contributed by atoms with van der Waals surface area (Å²) in [7, 11) is -1.41. The van der Waals surface area contributed by atoms with Gasteiger partial charge < -0.3 is 10.0 Å². The van der Waals surface area contributed by atoms with Crippen molar-refractivity contribution in [1.29, 1.82) is 0 Å². The Morgan fingerprint density at radius 3 is 2.53 bits per heavy atom. The van der Waals surface area contributed by atoms with Crippen LogP contribution in [0.4, 0.5) is 0 Å². The molecule has 98 valence electrons. The van der Waals surface area contributed by atoms with Gasteiger partial charge in [0, 0.05) is 10.6 Å². The van der Waals surface area contributed by atoms with Gasteiger partial charge in [-0.1, -0.05) is 42.0 Å². The summed E-state index contributed by atoms with van der Waals surface area (Å²) in [5.41, 5.74) is 4.03. The maximum Gasteiger partial charge on any atom is 0.488 e. The standard InChI is InChI=1S/C15H17BO2S/c1-11-7-8-12(2)15(9-11)19-10-13-5-3-4-6-14(13)16(17)18/h3-9,17-18H,10H2,1-2H3. The molecule has 0 saturated heterocycles. The molecule has 19 heavy (non-hydrogen) atoms. The summed E-state index contributed by atoms with van der Waals surface area (Å²) in [5, 5.41) is 18.7. The molecule has 2 rings (SSSR count). The summed E-state index contributed by atoms with van der Waals surface area (Å²) in [5.74, 6) is 0.734. The number of thioether (sulfide) groups is 1. The quantitative estimate of drug-likeness (QED) is 0.662. The van der Waals surface area contributed by atoms with Crippen LogP contribution in [-0.2, 0) is 5.75 Å². The van der Waals surface area contributed by atoms with E-state index < -0.39 is 7.12 Å². The first kappa shape index (κ1) is 14.2. The Kier molecular flexibility index (Phi) is 4.69. The van der Waals surface area contributed by atoms with Gasteiger partial charge in [-0.2, -0.15) is 0 Å². The fourth-order valence-electron chi connectivity index (χ4n) is 1.94. The third-order valence-electron chi connectivity index (χ3n) is 3.06. The Labute approximate surface area is 118 Å². The molecule has 2 nitrogen and oxygen atoms in total. The fraction of sp³-hybridized carbons (Fsp3) is 0.200. The lowest BCUT2D eigenvalue weighted by Crippen LogP contribution is -2.32. The molecule has 0 unspecified atom stereocenters. The van der Waals surface area contributed by atoms with Crippen LogP contribution in [-0.4, -0.2) is 17.2 Å². The molecule has 0 amide bonds. The summed E-state index contributed by atoms with van der Waals surface area (Å²) < 4.78 is 0. The van der Waals surface area contributed by atoms with Crippen molar-refractivity contribution in [2.45, 2.75) is 24.5 Å².